The van der Waals surface area contributed by atoms with Gasteiger partial charge < -0.3 is 10.0 Å². The van der Waals surface area contributed by atoms with Crippen LogP contribution in [0.3, 0.4) is 0 Å². The number of benzene rings is 1. The number of carboxylic acids is 1. The van der Waals surface area contributed by atoms with E-state index in [0.717, 1.165) is 38.2 Å². The number of aromatic nitrogens is 1. The molecule has 1 aromatic heterocycles. The first-order valence-corrected chi connectivity index (χ1v) is 9.71. The van der Waals surface area contributed by atoms with Crippen LogP contribution in [0.5, 0.6) is 0 Å². The van der Waals surface area contributed by atoms with Gasteiger partial charge in [0.1, 0.15) is 11.4 Å². The number of hydrogen-bond acceptors (Lipinski definition) is 4. The number of pyridine rings is 1. The topological polar surface area (TPSA) is 56.7 Å². The Morgan fingerprint density at radius 2 is 1.85 bits per heavy atom. The van der Waals surface area contributed by atoms with Crippen LogP contribution in [0, 0.1) is 6.92 Å². The van der Waals surface area contributed by atoms with Crippen molar-refractivity contribution in [2.45, 2.75) is 37.6 Å². The molecule has 1 spiro atoms. The van der Waals surface area contributed by atoms with Crippen LogP contribution in [0.15, 0.2) is 42.5 Å². The summed E-state index contributed by atoms with van der Waals surface area (Å²) in [5, 5.41) is 9.52. The number of likely N-dealkylation sites (N-methyl/N-ethyl adjacent to an activating group) is 1. The Kier molecular flexibility index (Phi) is 4.64. The van der Waals surface area contributed by atoms with Crippen LogP contribution >= 0.6 is 0 Å². The van der Waals surface area contributed by atoms with Gasteiger partial charge in [-0.3, -0.25) is 4.90 Å². The zero-order valence-electron chi connectivity index (χ0n) is 16.1. The second-order valence-corrected chi connectivity index (χ2v) is 8.03. The Hall–Kier alpha value is -2.40. The molecule has 142 valence electrons. The van der Waals surface area contributed by atoms with Crippen LogP contribution in [-0.4, -0.2) is 53.2 Å². The zero-order valence-corrected chi connectivity index (χ0v) is 16.1. The van der Waals surface area contributed by atoms with E-state index in [1.807, 2.05) is 6.92 Å². The third-order valence-corrected chi connectivity index (χ3v) is 6.44. The summed E-state index contributed by atoms with van der Waals surface area (Å²) < 4.78 is 0. The predicted octanol–water partition coefficient (Wildman–Crippen LogP) is 3.55. The minimum absolute atomic E-state index is 0.213. The van der Waals surface area contributed by atoms with E-state index >= 15 is 0 Å². The fourth-order valence-corrected chi connectivity index (χ4v) is 4.82. The van der Waals surface area contributed by atoms with E-state index in [9.17, 15) is 9.90 Å². The van der Waals surface area contributed by atoms with Gasteiger partial charge in [0.25, 0.3) is 0 Å². The van der Waals surface area contributed by atoms with Gasteiger partial charge in [0.2, 0.25) is 0 Å². The highest BCUT2D eigenvalue weighted by molar-refractivity contribution is 5.93. The van der Waals surface area contributed by atoms with E-state index < -0.39 is 5.97 Å². The quantitative estimate of drug-likeness (QED) is 0.901. The van der Waals surface area contributed by atoms with Gasteiger partial charge in [-0.2, -0.15) is 0 Å². The highest BCUT2D eigenvalue weighted by atomic mass is 16.4. The van der Waals surface area contributed by atoms with Crippen LogP contribution < -0.4 is 4.90 Å². The zero-order chi connectivity index (χ0) is 19.0. The van der Waals surface area contributed by atoms with E-state index in [1.54, 1.807) is 12.1 Å². The number of aromatic carboxylic acids is 1. The Bertz CT molecular complexity index is 829. The van der Waals surface area contributed by atoms with Crippen molar-refractivity contribution in [2.24, 2.45) is 0 Å². The van der Waals surface area contributed by atoms with Crippen molar-refractivity contribution in [3.8, 4) is 0 Å². The van der Waals surface area contributed by atoms with Crippen molar-refractivity contribution in [1.82, 2.24) is 9.88 Å². The minimum atomic E-state index is -0.903. The maximum atomic E-state index is 11.6. The number of anilines is 1. The highest BCUT2D eigenvalue weighted by Crippen LogP contribution is 2.44. The number of rotatable bonds is 3. The number of aryl methyl sites for hydroxylation is 1. The summed E-state index contributed by atoms with van der Waals surface area (Å²) in [5.74, 6) is 0.298. The molecule has 2 fully saturated rings. The molecule has 2 aromatic rings. The summed E-state index contributed by atoms with van der Waals surface area (Å²) in [6.45, 7) is 4.70. The Labute approximate surface area is 160 Å². The molecular formula is C22H27N3O2. The maximum Gasteiger partial charge on any atom is 0.339 e. The SMILES string of the molecule is Cc1ccc(C(=O)O)c(N2CCC3(CC2)CC(c2ccccc2)CN3C)n1. The lowest BCUT2D eigenvalue weighted by Gasteiger charge is -2.44. The molecule has 4 rings (SSSR count). The second-order valence-electron chi connectivity index (χ2n) is 8.03. The number of likely N-dealkylation sites (tertiary alicyclic amines) is 1. The molecule has 0 bridgehead atoms. The molecule has 1 aromatic carbocycles. The molecule has 2 aliphatic rings. The van der Waals surface area contributed by atoms with Crippen molar-refractivity contribution in [3.05, 3.63) is 59.3 Å². The van der Waals surface area contributed by atoms with Crippen LogP contribution in [0.4, 0.5) is 5.82 Å². The van der Waals surface area contributed by atoms with Gasteiger partial charge >= 0.3 is 5.97 Å². The normalized spacial score (nSPS) is 22.3. The minimum Gasteiger partial charge on any atom is -0.478 e. The van der Waals surface area contributed by atoms with Gasteiger partial charge in [-0.05, 0) is 56.8 Å². The van der Waals surface area contributed by atoms with Crippen molar-refractivity contribution >= 4 is 11.8 Å². The molecule has 0 radical (unpaired) electrons. The number of carboxylic acid groups (broad SMARTS) is 1. The Balaban J connectivity index is 1.51. The van der Waals surface area contributed by atoms with Gasteiger partial charge in [0.05, 0.1) is 0 Å². The van der Waals surface area contributed by atoms with Crippen molar-refractivity contribution in [1.29, 1.82) is 0 Å². The van der Waals surface area contributed by atoms with E-state index in [0.29, 0.717) is 17.3 Å². The molecule has 2 saturated heterocycles. The van der Waals surface area contributed by atoms with Gasteiger partial charge in [0.15, 0.2) is 0 Å². The lowest BCUT2D eigenvalue weighted by atomic mass is 9.81. The number of nitrogens with zero attached hydrogens (tertiary/aromatic N) is 3. The van der Waals surface area contributed by atoms with Crippen LogP contribution in [0.25, 0.3) is 0 Å². The maximum absolute atomic E-state index is 11.6. The Morgan fingerprint density at radius 1 is 1.15 bits per heavy atom. The van der Waals surface area contributed by atoms with Crippen molar-refractivity contribution in [3.63, 3.8) is 0 Å². The summed E-state index contributed by atoms with van der Waals surface area (Å²) in [4.78, 5) is 20.8. The highest BCUT2D eigenvalue weighted by Gasteiger charge is 2.46. The van der Waals surface area contributed by atoms with E-state index in [1.165, 1.54) is 12.0 Å². The summed E-state index contributed by atoms with van der Waals surface area (Å²) in [7, 11) is 2.24. The molecule has 5 heteroatoms. The van der Waals surface area contributed by atoms with Crippen LogP contribution in [-0.2, 0) is 0 Å². The molecule has 0 aliphatic carbocycles. The van der Waals surface area contributed by atoms with Gasteiger partial charge in [-0.25, -0.2) is 9.78 Å². The third kappa shape index (κ3) is 3.32. The molecule has 1 atom stereocenters. The summed E-state index contributed by atoms with van der Waals surface area (Å²) >= 11 is 0. The summed E-state index contributed by atoms with van der Waals surface area (Å²) in [6, 6.07) is 14.3. The third-order valence-electron chi connectivity index (χ3n) is 6.44. The standard InChI is InChI=1S/C22H27N3O2/c1-16-8-9-19(21(26)27)20(23-16)25-12-10-22(11-13-25)14-18(15-24(22)2)17-6-4-3-5-7-17/h3-9,18H,10-15H2,1-2H3,(H,26,27). The molecule has 0 amide bonds. The first-order valence-electron chi connectivity index (χ1n) is 9.71. The molecule has 1 unspecified atom stereocenters. The molecule has 3 heterocycles. The van der Waals surface area contributed by atoms with Gasteiger partial charge in [-0.15, -0.1) is 0 Å². The Morgan fingerprint density at radius 3 is 2.52 bits per heavy atom. The largest absolute Gasteiger partial charge is 0.478 e. The molecule has 0 saturated carbocycles. The van der Waals surface area contributed by atoms with Gasteiger partial charge in [0, 0.05) is 30.9 Å². The van der Waals surface area contributed by atoms with Crippen LogP contribution in [0.2, 0.25) is 0 Å². The molecular weight excluding hydrogens is 338 g/mol. The number of carbonyl (C=O) groups is 1. The van der Waals surface area contributed by atoms with Crippen LogP contribution in [0.1, 0.15) is 46.8 Å². The lowest BCUT2D eigenvalue weighted by Crippen LogP contribution is -2.51. The average Bonchev–Trinajstić information content (AvgIpc) is 2.99. The van der Waals surface area contributed by atoms with Crippen molar-refractivity contribution < 1.29 is 9.90 Å². The van der Waals surface area contributed by atoms with E-state index in [-0.39, 0.29) is 5.54 Å². The van der Waals surface area contributed by atoms with Gasteiger partial charge in [-0.1, -0.05) is 30.3 Å². The smallest absolute Gasteiger partial charge is 0.339 e. The molecule has 1 N–H and O–H groups in total. The van der Waals surface area contributed by atoms with E-state index in [2.05, 4.69) is 52.2 Å². The second kappa shape index (κ2) is 6.97. The molecule has 27 heavy (non-hydrogen) atoms. The summed E-state index contributed by atoms with van der Waals surface area (Å²) in [6.07, 6.45) is 3.26. The first kappa shape index (κ1) is 18.0. The average molecular weight is 365 g/mol. The van der Waals surface area contributed by atoms with Crippen molar-refractivity contribution in [2.75, 3.05) is 31.6 Å². The first-order chi connectivity index (χ1) is 13.0. The van der Waals surface area contributed by atoms with E-state index in [4.69, 9.17) is 0 Å². The molecule has 2 aliphatic heterocycles. The fraction of sp³-hybridized carbons (Fsp3) is 0.455. The lowest BCUT2D eigenvalue weighted by molar-refractivity contribution is 0.0696. The number of piperidine rings is 1. The molecule has 5 nitrogen and oxygen atoms in total. The number of hydrogen-bond donors (Lipinski definition) is 1. The predicted molar refractivity (Wildman–Crippen MR) is 107 cm³/mol. The fourth-order valence-electron chi connectivity index (χ4n) is 4.82. The summed E-state index contributed by atoms with van der Waals surface area (Å²) in [5.41, 5.74) is 2.80. The monoisotopic (exact) mass is 365 g/mol.